The Bertz CT molecular complexity index is 464. The van der Waals surface area contributed by atoms with Crippen molar-refractivity contribution < 1.29 is 18.3 Å². The summed E-state index contributed by atoms with van der Waals surface area (Å²) in [5.41, 5.74) is 0.0854. The number of carbonyl (C=O) groups is 1. The Hall–Kier alpha value is -2.09. The van der Waals surface area contributed by atoms with Gasteiger partial charge in [-0.15, -0.1) is 11.8 Å². The lowest BCUT2D eigenvalue weighted by atomic mass is 10.2. The fourth-order valence-electron chi connectivity index (χ4n) is 1.31. The molecule has 0 aliphatic heterocycles. The van der Waals surface area contributed by atoms with Gasteiger partial charge in [-0.05, 0) is 19.1 Å². The van der Waals surface area contributed by atoms with Crippen molar-refractivity contribution in [3.8, 4) is 17.6 Å². The second-order valence-electron chi connectivity index (χ2n) is 3.31. The average Bonchev–Trinajstić information content (AvgIpc) is 2.34. The van der Waals surface area contributed by atoms with E-state index in [4.69, 9.17) is 0 Å². The van der Waals surface area contributed by atoms with Crippen LogP contribution in [-0.2, 0) is 0 Å². The van der Waals surface area contributed by atoms with Gasteiger partial charge in [0.15, 0.2) is 0 Å². The zero-order valence-electron chi connectivity index (χ0n) is 9.87. The molecule has 0 aliphatic rings. The van der Waals surface area contributed by atoms with Crippen LogP contribution in [0.4, 0.5) is 8.78 Å². The molecule has 0 atom stereocenters. The maximum atomic E-state index is 12.1. The van der Waals surface area contributed by atoms with Crippen molar-refractivity contribution in [2.24, 2.45) is 0 Å². The Morgan fingerprint density at radius 1 is 1.44 bits per heavy atom. The number of amides is 1. The number of nitrogens with one attached hydrogen (secondary N) is 1. The van der Waals surface area contributed by atoms with Gasteiger partial charge < -0.3 is 10.1 Å². The third-order valence-corrected chi connectivity index (χ3v) is 2.06. The van der Waals surface area contributed by atoms with Gasteiger partial charge in [-0.2, -0.15) is 8.78 Å². The molecule has 3 nitrogen and oxygen atoms in total. The number of benzene rings is 1. The molecule has 0 saturated heterocycles. The first-order valence-electron chi connectivity index (χ1n) is 5.36. The quantitative estimate of drug-likeness (QED) is 0.646. The van der Waals surface area contributed by atoms with E-state index in [-0.39, 0.29) is 11.3 Å². The topological polar surface area (TPSA) is 38.3 Å². The van der Waals surface area contributed by atoms with Gasteiger partial charge in [0.05, 0.1) is 5.56 Å². The maximum Gasteiger partial charge on any atom is 0.387 e. The van der Waals surface area contributed by atoms with Crippen LogP contribution in [0.2, 0.25) is 0 Å². The second-order valence-corrected chi connectivity index (χ2v) is 3.31. The largest absolute Gasteiger partial charge is 0.434 e. The summed E-state index contributed by atoms with van der Waals surface area (Å²) in [5.74, 6) is 4.89. The van der Waals surface area contributed by atoms with Crippen molar-refractivity contribution >= 4 is 5.91 Å². The van der Waals surface area contributed by atoms with Crippen molar-refractivity contribution in [1.29, 1.82) is 0 Å². The van der Waals surface area contributed by atoms with Crippen LogP contribution < -0.4 is 10.1 Å². The summed E-state index contributed by atoms with van der Waals surface area (Å²) in [4.78, 5) is 11.7. The molecule has 0 unspecified atom stereocenters. The maximum absolute atomic E-state index is 12.1. The minimum Gasteiger partial charge on any atom is -0.434 e. The van der Waals surface area contributed by atoms with Crippen LogP contribution in [0.25, 0.3) is 0 Å². The van der Waals surface area contributed by atoms with Crippen LogP contribution in [0.5, 0.6) is 5.75 Å². The predicted octanol–water partition coefficient (Wildman–Crippen LogP) is 2.43. The van der Waals surface area contributed by atoms with Gasteiger partial charge in [-0.3, -0.25) is 4.79 Å². The Labute approximate surface area is 104 Å². The lowest BCUT2D eigenvalue weighted by Crippen LogP contribution is -2.25. The van der Waals surface area contributed by atoms with Crippen molar-refractivity contribution in [3.63, 3.8) is 0 Å². The van der Waals surface area contributed by atoms with Crippen molar-refractivity contribution in [3.05, 3.63) is 29.8 Å². The van der Waals surface area contributed by atoms with Crippen LogP contribution in [0, 0.1) is 11.8 Å². The molecule has 0 radical (unpaired) electrons. The molecule has 1 aromatic rings. The van der Waals surface area contributed by atoms with Gasteiger partial charge in [0.25, 0.3) is 5.91 Å². The molecule has 1 rings (SSSR count). The number of carbonyl (C=O) groups excluding carboxylic acids is 1. The molecule has 1 N–H and O–H groups in total. The van der Waals surface area contributed by atoms with E-state index in [9.17, 15) is 13.6 Å². The fraction of sp³-hybridized carbons (Fsp3) is 0.308. The molecule has 96 valence electrons. The smallest absolute Gasteiger partial charge is 0.387 e. The van der Waals surface area contributed by atoms with Crippen molar-refractivity contribution in [2.45, 2.75) is 20.0 Å². The van der Waals surface area contributed by atoms with Crippen LogP contribution in [0.1, 0.15) is 23.7 Å². The first-order valence-corrected chi connectivity index (χ1v) is 5.36. The number of rotatable bonds is 5. The lowest BCUT2D eigenvalue weighted by Gasteiger charge is -2.10. The van der Waals surface area contributed by atoms with Crippen LogP contribution in [0.3, 0.4) is 0 Å². The van der Waals surface area contributed by atoms with E-state index in [1.54, 1.807) is 13.0 Å². The Morgan fingerprint density at radius 3 is 2.83 bits per heavy atom. The van der Waals surface area contributed by atoms with Gasteiger partial charge in [0.2, 0.25) is 0 Å². The molecule has 0 heterocycles. The van der Waals surface area contributed by atoms with Crippen LogP contribution in [0.15, 0.2) is 24.3 Å². The Morgan fingerprint density at radius 2 is 2.17 bits per heavy atom. The third kappa shape index (κ3) is 4.42. The molecule has 0 bridgehead atoms. The number of hydrogen-bond donors (Lipinski definition) is 1. The predicted molar refractivity (Wildman–Crippen MR) is 63.5 cm³/mol. The molecule has 1 aromatic carbocycles. The van der Waals surface area contributed by atoms with E-state index in [1.807, 2.05) is 0 Å². The number of alkyl halides is 2. The number of ether oxygens (including phenoxy) is 1. The lowest BCUT2D eigenvalue weighted by molar-refractivity contribution is -0.0501. The van der Waals surface area contributed by atoms with Gasteiger partial charge in [0, 0.05) is 13.0 Å². The molecule has 5 heteroatoms. The summed E-state index contributed by atoms with van der Waals surface area (Å²) in [6, 6.07) is 5.86. The van der Waals surface area contributed by atoms with Gasteiger partial charge in [-0.1, -0.05) is 12.1 Å². The zero-order chi connectivity index (χ0) is 13.4. The normalized spacial score (nSPS) is 9.56. The van der Waals surface area contributed by atoms with E-state index >= 15 is 0 Å². The number of hydrogen-bond acceptors (Lipinski definition) is 2. The molecule has 1 amide bonds. The summed E-state index contributed by atoms with van der Waals surface area (Å²) in [5, 5.41) is 2.58. The van der Waals surface area contributed by atoms with Crippen LogP contribution in [-0.4, -0.2) is 19.1 Å². The minimum atomic E-state index is -2.95. The SMILES string of the molecule is CC#CCCNC(=O)c1ccccc1OC(F)F. The summed E-state index contributed by atoms with van der Waals surface area (Å²) < 4.78 is 28.6. The van der Waals surface area contributed by atoms with E-state index in [0.717, 1.165) is 0 Å². The molecule has 0 saturated carbocycles. The summed E-state index contributed by atoms with van der Waals surface area (Å²) >= 11 is 0. The highest BCUT2D eigenvalue weighted by molar-refractivity contribution is 5.96. The van der Waals surface area contributed by atoms with Crippen LogP contribution >= 0.6 is 0 Å². The van der Waals surface area contributed by atoms with E-state index < -0.39 is 12.5 Å². The third-order valence-electron chi connectivity index (χ3n) is 2.06. The van der Waals surface area contributed by atoms with E-state index in [1.165, 1.54) is 18.2 Å². The highest BCUT2D eigenvalue weighted by Gasteiger charge is 2.14. The average molecular weight is 253 g/mol. The summed E-state index contributed by atoms with van der Waals surface area (Å²) in [6.07, 6.45) is 0.514. The highest BCUT2D eigenvalue weighted by Crippen LogP contribution is 2.19. The molecular weight excluding hydrogens is 240 g/mol. The first kappa shape index (κ1) is 14.0. The number of para-hydroxylation sites is 1. The Balaban J connectivity index is 2.68. The molecule has 0 fully saturated rings. The van der Waals surface area contributed by atoms with Gasteiger partial charge in [0.1, 0.15) is 5.75 Å². The highest BCUT2D eigenvalue weighted by atomic mass is 19.3. The zero-order valence-corrected chi connectivity index (χ0v) is 9.87. The number of halogens is 2. The fourth-order valence-corrected chi connectivity index (χ4v) is 1.31. The second kappa shape index (κ2) is 7.28. The van der Waals surface area contributed by atoms with Crippen molar-refractivity contribution in [1.82, 2.24) is 5.32 Å². The van der Waals surface area contributed by atoms with E-state index in [2.05, 4.69) is 21.9 Å². The first-order chi connectivity index (χ1) is 8.65. The van der Waals surface area contributed by atoms with Gasteiger partial charge in [-0.25, -0.2) is 0 Å². The monoisotopic (exact) mass is 253 g/mol. The molecule has 0 aromatic heterocycles. The minimum absolute atomic E-state index is 0.0854. The summed E-state index contributed by atoms with van der Waals surface area (Å²) in [7, 11) is 0. The molecule has 0 spiro atoms. The Kier molecular flexibility index (Phi) is 5.65. The van der Waals surface area contributed by atoms with Crippen molar-refractivity contribution in [2.75, 3.05) is 6.54 Å². The molecule has 0 aliphatic carbocycles. The van der Waals surface area contributed by atoms with E-state index in [0.29, 0.717) is 13.0 Å². The summed E-state index contributed by atoms with van der Waals surface area (Å²) in [6.45, 7) is -0.888. The van der Waals surface area contributed by atoms with Gasteiger partial charge >= 0.3 is 6.61 Å². The molecule has 18 heavy (non-hydrogen) atoms. The standard InChI is InChI=1S/C13H13F2NO2/c1-2-3-6-9-16-12(17)10-7-4-5-8-11(10)18-13(14)15/h4-5,7-8,13H,6,9H2,1H3,(H,16,17). The molecular formula is C13H13F2NO2.